The molecule has 0 aromatic carbocycles. The Bertz CT molecular complexity index is 595. The molecule has 0 saturated heterocycles. The monoisotopic (exact) mass is 319 g/mol. The van der Waals surface area contributed by atoms with Gasteiger partial charge < -0.3 is 14.4 Å². The van der Waals surface area contributed by atoms with Gasteiger partial charge in [0.2, 0.25) is 10.0 Å². The molecule has 1 aromatic heterocycles. The number of methoxy groups -OCH3 is 1. The minimum atomic E-state index is -3.47. The Kier molecular flexibility index (Phi) is 6.31. The molecule has 21 heavy (non-hydrogen) atoms. The number of ether oxygens (including phenoxy) is 1. The molecule has 0 fully saturated rings. The molecule has 0 aliphatic heterocycles. The summed E-state index contributed by atoms with van der Waals surface area (Å²) >= 11 is 0. The van der Waals surface area contributed by atoms with Crippen LogP contribution in [-0.2, 0) is 26.1 Å². The van der Waals surface area contributed by atoms with E-state index in [4.69, 9.17) is 5.11 Å². The molecule has 0 amide bonds. The molecule has 0 unspecified atom stereocenters. The van der Waals surface area contributed by atoms with Crippen molar-refractivity contribution in [3.05, 3.63) is 18.2 Å². The van der Waals surface area contributed by atoms with Crippen molar-refractivity contribution in [2.45, 2.75) is 19.4 Å². The predicted octanol–water partition coefficient (Wildman–Crippen LogP) is -0.546. The van der Waals surface area contributed by atoms with Gasteiger partial charge in [-0.2, -0.15) is 0 Å². The van der Waals surface area contributed by atoms with Crippen LogP contribution in [0.4, 0.5) is 0 Å². The first kappa shape index (κ1) is 17.1. The smallest absolute Gasteiger partial charge is 0.356 e. The Hall–Kier alpha value is -1.94. The number of carbonyl (C=O) groups excluding carboxylic acids is 1. The fraction of sp³-hybridized carbons (Fsp3) is 0.545. The van der Waals surface area contributed by atoms with Gasteiger partial charge in [0.1, 0.15) is 0 Å². The number of nitrogens with one attached hydrogen (secondary N) is 1. The molecule has 2 N–H and O–H groups in total. The van der Waals surface area contributed by atoms with Gasteiger partial charge in [-0.15, -0.1) is 0 Å². The summed E-state index contributed by atoms with van der Waals surface area (Å²) < 4.78 is 31.5. The van der Waals surface area contributed by atoms with E-state index in [0.717, 1.165) is 0 Å². The maximum Gasteiger partial charge on any atom is 0.356 e. The Morgan fingerprint density at radius 3 is 2.76 bits per heavy atom. The third-order valence-corrected chi connectivity index (χ3v) is 4.04. The number of nitrogens with zero attached hydrogens (tertiary/aromatic N) is 2. The largest absolute Gasteiger partial charge is 0.476 e. The highest BCUT2D eigenvalue weighted by molar-refractivity contribution is 7.89. The van der Waals surface area contributed by atoms with Gasteiger partial charge in [0, 0.05) is 25.7 Å². The summed E-state index contributed by atoms with van der Waals surface area (Å²) in [5.74, 6) is -1.77. The Labute approximate surface area is 122 Å². The zero-order valence-corrected chi connectivity index (χ0v) is 12.3. The number of rotatable bonds is 9. The van der Waals surface area contributed by atoms with Crippen molar-refractivity contribution in [3.63, 3.8) is 0 Å². The average Bonchev–Trinajstić information content (AvgIpc) is 2.87. The molecule has 0 aliphatic carbocycles. The van der Waals surface area contributed by atoms with Crippen molar-refractivity contribution in [3.8, 4) is 0 Å². The van der Waals surface area contributed by atoms with Crippen molar-refractivity contribution in [1.82, 2.24) is 14.3 Å². The van der Waals surface area contributed by atoms with Crippen LogP contribution < -0.4 is 4.72 Å². The number of hydrogen-bond donors (Lipinski definition) is 2. The molecule has 1 rings (SSSR count). The van der Waals surface area contributed by atoms with Gasteiger partial charge in [-0.3, -0.25) is 4.79 Å². The first-order valence-corrected chi connectivity index (χ1v) is 7.78. The quantitative estimate of drug-likeness (QED) is 0.585. The summed E-state index contributed by atoms with van der Waals surface area (Å²) in [5, 5.41) is 8.69. The topological polar surface area (TPSA) is 128 Å². The number of carbonyl (C=O) groups is 2. The van der Waals surface area contributed by atoms with Gasteiger partial charge in [0.25, 0.3) is 0 Å². The molecular weight excluding hydrogens is 302 g/mol. The van der Waals surface area contributed by atoms with Crippen molar-refractivity contribution in [2.24, 2.45) is 0 Å². The van der Waals surface area contributed by atoms with Crippen LogP contribution in [0.1, 0.15) is 23.3 Å². The zero-order chi connectivity index (χ0) is 15.9. The van der Waals surface area contributed by atoms with Crippen LogP contribution >= 0.6 is 0 Å². The Morgan fingerprint density at radius 2 is 2.19 bits per heavy atom. The number of carboxylic acid groups (broad SMARTS) is 1. The van der Waals surface area contributed by atoms with Crippen molar-refractivity contribution < 1.29 is 27.9 Å². The summed E-state index contributed by atoms with van der Waals surface area (Å²) in [6.07, 6.45) is 2.85. The normalized spacial score (nSPS) is 11.3. The number of aromatic nitrogens is 2. The van der Waals surface area contributed by atoms with Crippen LogP contribution in [-0.4, -0.2) is 54.4 Å². The van der Waals surface area contributed by atoms with Gasteiger partial charge in [0.05, 0.1) is 19.2 Å². The van der Waals surface area contributed by atoms with E-state index in [-0.39, 0.29) is 37.4 Å². The van der Waals surface area contributed by atoms with Crippen LogP contribution in [0.2, 0.25) is 0 Å². The maximum atomic E-state index is 11.6. The Morgan fingerprint density at radius 1 is 1.48 bits per heavy atom. The lowest BCUT2D eigenvalue weighted by atomic mass is 10.3. The highest BCUT2D eigenvalue weighted by atomic mass is 32.2. The second-order valence-corrected chi connectivity index (χ2v) is 6.12. The van der Waals surface area contributed by atoms with E-state index in [9.17, 15) is 18.0 Å². The predicted molar refractivity (Wildman–Crippen MR) is 72.2 cm³/mol. The lowest BCUT2D eigenvalue weighted by Gasteiger charge is -2.06. The highest BCUT2D eigenvalue weighted by Crippen LogP contribution is 1.98. The van der Waals surface area contributed by atoms with E-state index in [1.807, 2.05) is 0 Å². The summed E-state index contributed by atoms with van der Waals surface area (Å²) in [7, 11) is -2.23. The van der Waals surface area contributed by atoms with Gasteiger partial charge in [-0.25, -0.2) is 22.9 Å². The van der Waals surface area contributed by atoms with Crippen LogP contribution in [0.3, 0.4) is 0 Å². The highest BCUT2D eigenvalue weighted by Gasteiger charge is 2.12. The van der Waals surface area contributed by atoms with E-state index < -0.39 is 22.0 Å². The fourth-order valence-electron chi connectivity index (χ4n) is 1.50. The maximum absolute atomic E-state index is 11.6. The number of aromatic carboxylic acids is 1. The van der Waals surface area contributed by atoms with E-state index in [2.05, 4.69) is 14.4 Å². The zero-order valence-electron chi connectivity index (χ0n) is 11.5. The number of hydrogen-bond acceptors (Lipinski definition) is 6. The molecule has 1 aromatic rings. The van der Waals surface area contributed by atoms with Gasteiger partial charge >= 0.3 is 11.9 Å². The molecule has 0 aliphatic rings. The van der Waals surface area contributed by atoms with Gasteiger partial charge in [-0.05, 0) is 6.42 Å². The van der Waals surface area contributed by atoms with Crippen LogP contribution in [0.5, 0.6) is 0 Å². The molecule has 9 nitrogen and oxygen atoms in total. The lowest BCUT2D eigenvalue weighted by Crippen LogP contribution is -2.29. The molecule has 0 saturated carbocycles. The number of sulfonamides is 1. The van der Waals surface area contributed by atoms with E-state index >= 15 is 0 Å². The minimum absolute atomic E-state index is 0.0426. The molecule has 1 heterocycles. The number of imidazole rings is 1. The number of carboxylic acids is 1. The summed E-state index contributed by atoms with van der Waals surface area (Å²) in [5.41, 5.74) is -0.101. The lowest BCUT2D eigenvalue weighted by molar-refractivity contribution is -0.140. The minimum Gasteiger partial charge on any atom is -0.476 e. The molecule has 0 spiro atoms. The van der Waals surface area contributed by atoms with E-state index in [1.54, 1.807) is 0 Å². The average molecular weight is 319 g/mol. The van der Waals surface area contributed by atoms with Crippen molar-refractivity contribution in [1.29, 1.82) is 0 Å². The summed E-state index contributed by atoms with van der Waals surface area (Å²) in [4.78, 5) is 25.1. The third kappa shape index (κ3) is 6.36. The Balaban J connectivity index is 2.32. The molecule has 0 atom stereocenters. The third-order valence-electron chi connectivity index (χ3n) is 2.57. The van der Waals surface area contributed by atoms with Crippen molar-refractivity contribution >= 4 is 22.0 Å². The fourth-order valence-corrected chi connectivity index (χ4v) is 2.57. The SMILES string of the molecule is COC(=O)CCCS(=O)(=O)NCCn1cnc(C(=O)O)c1. The second-order valence-electron chi connectivity index (χ2n) is 4.19. The van der Waals surface area contributed by atoms with E-state index in [1.165, 1.54) is 24.2 Å². The second kappa shape index (κ2) is 7.74. The number of esters is 1. The molecule has 10 heteroatoms. The van der Waals surface area contributed by atoms with Crippen molar-refractivity contribution in [2.75, 3.05) is 19.4 Å². The molecule has 118 valence electrons. The summed E-state index contributed by atoms with van der Waals surface area (Å²) in [6.45, 7) is 0.368. The van der Waals surface area contributed by atoms with Crippen LogP contribution in [0.15, 0.2) is 12.5 Å². The van der Waals surface area contributed by atoms with Gasteiger partial charge in [0.15, 0.2) is 5.69 Å². The molecule has 0 radical (unpaired) electrons. The standard InChI is InChI=1S/C11H17N3O6S/c1-20-10(15)3-2-6-21(18,19)13-4-5-14-7-9(11(16)17)12-8-14/h7-8,13H,2-6H2,1H3,(H,16,17). The van der Waals surface area contributed by atoms with Gasteiger partial charge in [-0.1, -0.05) is 0 Å². The van der Waals surface area contributed by atoms with Crippen LogP contribution in [0.25, 0.3) is 0 Å². The summed E-state index contributed by atoms with van der Waals surface area (Å²) in [6, 6.07) is 0. The molecular formula is C11H17N3O6S. The first-order chi connectivity index (χ1) is 9.84. The molecule has 0 bridgehead atoms. The van der Waals surface area contributed by atoms with E-state index in [0.29, 0.717) is 0 Å². The first-order valence-electron chi connectivity index (χ1n) is 6.13. The van der Waals surface area contributed by atoms with Crippen LogP contribution in [0, 0.1) is 0 Å².